The lowest BCUT2D eigenvalue weighted by Gasteiger charge is -2.16. The van der Waals surface area contributed by atoms with Gasteiger partial charge in [-0.3, -0.25) is 4.68 Å². The summed E-state index contributed by atoms with van der Waals surface area (Å²) in [6, 6.07) is 7.36. The van der Waals surface area contributed by atoms with E-state index in [1.807, 2.05) is 12.1 Å². The summed E-state index contributed by atoms with van der Waals surface area (Å²) in [5.41, 5.74) is 2.46. The van der Waals surface area contributed by atoms with Crippen LogP contribution >= 0.6 is 0 Å². The second kappa shape index (κ2) is 7.63. The summed E-state index contributed by atoms with van der Waals surface area (Å²) in [6.07, 6.45) is 1.63. The Morgan fingerprint density at radius 2 is 1.79 bits per heavy atom. The van der Waals surface area contributed by atoms with E-state index in [1.54, 1.807) is 36.1 Å². The molecule has 1 aromatic carbocycles. The highest BCUT2D eigenvalue weighted by Gasteiger charge is 2.22. The van der Waals surface area contributed by atoms with E-state index in [1.165, 1.54) is 0 Å². The predicted octanol–water partition coefficient (Wildman–Crippen LogP) is 2.17. The standard InChI is InChI=1S/C17H22N4O3/c1-11(2)12-4-6-13(7-5-12)15(16(22)23)20-17(24)18-10-14-8-9-19-21(14)3/h4-9,11,15H,10H2,1-3H3,(H,22,23)(H2,18,20,24). The van der Waals surface area contributed by atoms with Crippen molar-refractivity contribution < 1.29 is 14.7 Å². The number of aliphatic carboxylic acids is 1. The van der Waals surface area contributed by atoms with Gasteiger partial charge in [0.1, 0.15) is 0 Å². The van der Waals surface area contributed by atoms with E-state index in [4.69, 9.17) is 0 Å². The smallest absolute Gasteiger partial charge is 0.330 e. The average molecular weight is 330 g/mol. The molecule has 2 amide bonds. The maximum Gasteiger partial charge on any atom is 0.330 e. The molecule has 0 spiro atoms. The topological polar surface area (TPSA) is 96.3 Å². The summed E-state index contributed by atoms with van der Waals surface area (Å²) in [5, 5.41) is 18.5. The highest BCUT2D eigenvalue weighted by atomic mass is 16.4. The quantitative estimate of drug-likeness (QED) is 0.756. The largest absolute Gasteiger partial charge is 0.479 e. The zero-order valence-corrected chi connectivity index (χ0v) is 14.0. The molecule has 1 atom stereocenters. The van der Waals surface area contributed by atoms with Crippen LogP contribution in [0.15, 0.2) is 36.5 Å². The summed E-state index contributed by atoms with van der Waals surface area (Å²) in [6.45, 7) is 4.39. The van der Waals surface area contributed by atoms with Crippen LogP contribution in [0.25, 0.3) is 0 Å². The first kappa shape index (κ1) is 17.5. The van der Waals surface area contributed by atoms with E-state index in [-0.39, 0.29) is 6.54 Å². The fourth-order valence-corrected chi connectivity index (χ4v) is 2.29. The molecule has 128 valence electrons. The molecule has 0 aliphatic rings. The van der Waals surface area contributed by atoms with E-state index in [2.05, 4.69) is 29.6 Å². The van der Waals surface area contributed by atoms with Crippen molar-refractivity contribution in [2.24, 2.45) is 7.05 Å². The first-order valence-corrected chi connectivity index (χ1v) is 7.72. The number of hydrogen-bond donors (Lipinski definition) is 3. The van der Waals surface area contributed by atoms with Crippen LogP contribution in [0.2, 0.25) is 0 Å². The minimum atomic E-state index is -1.11. The zero-order valence-electron chi connectivity index (χ0n) is 14.0. The number of nitrogens with zero attached hydrogens (tertiary/aromatic N) is 2. The number of hydrogen-bond acceptors (Lipinski definition) is 3. The molecule has 0 bridgehead atoms. The lowest BCUT2D eigenvalue weighted by atomic mass is 9.99. The average Bonchev–Trinajstić information content (AvgIpc) is 2.95. The minimum absolute atomic E-state index is 0.265. The van der Waals surface area contributed by atoms with E-state index >= 15 is 0 Å². The lowest BCUT2D eigenvalue weighted by molar-refractivity contribution is -0.139. The van der Waals surface area contributed by atoms with Gasteiger partial charge >= 0.3 is 12.0 Å². The highest BCUT2D eigenvalue weighted by Crippen LogP contribution is 2.19. The summed E-state index contributed by atoms with van der Waals surface area (Å²) >= 11 is 0. The van der Waals surface area contributed by atoms with E-state index in [9.17, 15) is 14.7 Å². The Hall–Kier alpha value is -2.83. The number of carboxylic acids is 1. The molecule has 1 aromatic heterocycles. The molecule has 24 heavy (non-hydrogen) atoms. The van der Waals surface area contributed by atoms with Crippen molar-refractivity contribution in [1.82, 2.24) is 20.4 Å². The van der Waals surface area contributed by atoms with Crippen LogP contribution < -0.4 is 10.6 Å². The predicted molar refractivity (Wildman–Crippen MR) is 89.5 cm³/mol. The van der Waals surface area contributed by atoms with Gasteiger partial charge in [-0.05, 0) is 23.1 Å². The fourth-order valence-electron chi connectivity index (χ4n) is 2.29. The van der Waals surface area contributed by atoms with Crippen LogP contribution in [0.5, 0.6) is 0 Å². The maximum atomic E-state index is 12.0. The number of carboxylic acid groups (broad SMARTS) is 1. The lowest BCUT2D eigenvalue weighted by Crippen LogP contribution is -2.40. The van der Waals surface area contributed by atoms with Crippen molar-refractivity contribution in [2.45, 2.75) is 32.4 Å². The number of carbonyl (C=O) groups is 2. The SMILES string of the molecule is CC(C)c1ccc(C(NC(=O)NCc2ccnn2C)C(=O)O)cc1. The molecule has 1 heterocycles. The molecule has 1 unspecified atom stereocenters. The number of aromatic nitrogens is 2. The van der Waals surface area contributed by atoms with Gasteiger partial charge in [0, 0.05) is 13.2 Å². The summed E-state index contributed by atoms with van der Waals surface area (Å²) in [7, 11) is 1.77. The zero-order chi connectivity index (χ0) is 17.7. The molecular weight excluding hydrogens is 308 g/mol. The highest BCUT2D eigenvalue weighted by molar-refractivity contribution is 5.83. The van der Waals surface area contributed by atoms with Gasteiger partial charge in [-0.2, -0.15) is 5.10 Å². The molecule has 0 saturated carbocycles. The van der Waals surface area contributed by atoms with Gasteiger partial charge in [0.05, 0.1) is 12.2 Å². The molecule has 0 radical (unpaired) electrons. The molecule has 0 fully saturated rings. The Kier molecular flexibility index (Phi) is 5.57. The van der Waals surface area contributed by atoms with Gasteiger partial charge in [-0.25, -0.2) is 9.59 Å². The third-order valence-electron chi connectivity index (χ3n) is 3.81. The van der Waals surface area contributed by atoms with Crippen LogP contribution in [0.4, 0.5) is 4.79 Å². The Morgan fingerprint density at radius 3 is 2.29 bits per heavy atom. The maximum absolute atomic E-state index is 12.0. The number of benzene rings is 1. The number of nitrogens with one attached hydrogen (secondary N) is 2. The third kappa shape index (κ3) is 4.34. The number of rotatable bonds is 6. The van der Waals surface area contributed by atoms with E-state index in [0.29, 0.717) is 11.5 Å². The van der Waals surface area contributed by atoms with E-state index < -0.39 is 18.0 Å². The van der Waals surface area contributed by atoms with Crippen LogP contribution in [-0.4, -0.2) is 26.9 Å². The first-order valence-electron chi connectivity index (χ1n) is 7.72. The Bertz CT molecular complexity index is 707. The van der Waals surface area contributed by atoms with Gasteiger partial charge < -0.3 is 15.7 Å². The van der Waals surface area contributed by atoms with Crippen LogP contribution in [-0.2, 0) is 18.4 Å². The number of urea groups is 1. The monoisotopic (exact) mass is 330 g/mol. The van der Waals surface area contributed by atoms with Gasteiger partial charge in [0.15, 0.2) is 6.04 Å². The Balaban J connectivity index is 2.01. The van der Waals surface area contributed by atoms with Crippen LogP contribution in [0, 0.1) is 0 Å². The number of carbonyl (C=O) groups excluding carboxylic acids is 1. The van der Waals surface area contributed by atoms with Crippen LogP contribution in [0.1, 0.15) is 42.6 Å². The minimum Gasteiger partial charge on any atom is -0.479 e. The second-order valence-corrected chi connectivity index (χ2v) is 5.87. The number of amides is 2. The molecular formula is C17H22N4O3. The Labute approximate surface area is 140 Å². The summed E-state index contributed by atoms with van der Waals surface area (Å²) in [5.74, 6) is -0.750. The van der Waals surface area contributed by atoms with Crippen molar-refractivity contribution in [3.05, 3.63) is 53.3 Å². The molecule has 0 saturated heterocycles. The second-order valence-electron chi connectivity index (χ2n) is 5.87. The van der Waals surface area contributed by atoms with Gasteiger partial charge in [0.25, 0.3) is 0 Å². The first-order chi connectivity index (χ1) is 11.4. The van der Waals surface area contributed by atoms with Gasteiger partial charge in [-0.15, -0.1) is 0 Å². The Morgan fingerprint density at radius 1 is 1.17 bits per heavy atom. The summed E-state index contributed by atoms with van der Waals surface area (Å²) < 4.78 is 1.64. The number of aryl methyl sites for hydroxylation is 1. The van der Waals surface area contributed by atoms with Crippen molar-refractivity contribution in [1.29, 1.82) is 0 Å². The van der Waals surface area contributed by atoms with Crippen molar-refractivity contribution in [3.8, 4) is 0 Å². The van der Waals surface area contributed by atoms with Crippen LogP contribution in [0.3, 0.4) is 0 Å². The molecule has 7 heteroatoms. The summed E-state index contributed by atoms with van der Waals surface area (Å²) in [4.78, 5) is 23.5. The van der Waals surface area contributed by atoms with Gasteiger partial charge in [0.2, 0.25) is 0 Å². The molecule has 2 rings (SSSR count). The normalized spacial score (nSPS) is 12.0. The van der Waals surface area contributed by atoms with Crippen molar-refractivity contribution in [3.63, 3.8) is 0 Å². The molecule has 0 aliphatic carbocycles. The van der Waals surface area contributed by atoms with Crippen molar-refractivity contribution >= 4 is 12.0 Å². The molecule has 2 aromatic rings. The fraction of sp³-hybridized carbons (Fsp3) is 0.353. The molecule has 3 N–H and O–H groups in total. The molecule has 0 aliphatic heterocycles. The van der Waals surface area contributed by atoms with E-state index in [0.717, 1.165) is 11.3 Å². The van der Waals surface area contributed by atoms with Gasteiger partial charge in [-0.1, -0.05) is 38.1 Å². The molecule has 7 nitrogen and oxygen atoms in total. The van der Waals surface area contributed by atoms with Crippen molar-refractivity contribution in [2.75, 3.05) is 0 Å². The third-order valence-corrected chi connectivity index (χ3v) is 3.81.